The van der Waals surface area contributed by atoms with E-state index in [1.165, 1.54) is 0 Å². The molecule has 3 aromatic rings. The normalized spacial score (nSPS) is 10.6. The standard InChI is InChI=1S/C17H15N3OS/c21-17(19-9-10-22)14-11-16(12-5-7-18-8-6-12)20-15-4-2-1-3-13(14)15/h1-8,11,22H,9-10H2,(H,19,21). The zero-order valence-corrected chi connectivity index (χ0v) is 12.8. The molecule has 1 amide bonds. The van der Waals surface area contributed by atoms with Gasteiger partial charge in [-0.05, 0) is 24.3 Å². The third kappa shape index (κ3) is 2.94. The molecule has 0 bridgehead atoms. The van der Waals surface area contributed by atoms with Crippen LogP contribution in [0.25, 0.3) is 22.2 Å². The molecule has 0 radical (unpaired) electrons. The number of hydrogen-bond donors (Lipinski definition) is 2. The molecule has 0 saturated heterocycles. The molecule has 22 heavy (non-hydrogen) atoms. The molecule has 0 saturated carbocycles. The third-order valence-corrected chi connectivity index (χ3v) is 3.56. The van der Waals surface area contributed by atoms with Gasteiger partial charge < -0.3 is 5.32 Å². The lowest BCUT2D eigenvalue weighted by Crippen LogP contribution is -2.25. The summed E-state index contributed by atoms with van der Waals surface area (Å²) < 4.78 is 0. The van der Waals surface area contributed by atoms with Crippen molar-refractivity contribution in [1.29, 1.82) is 0 Å². The smallest absolute Gasteiger partial charge is 0.252 e. The monoisotopic (exact) mass is 309 g/mol. The molecule has 1 N–H and O–H groups in total. The SMILES string of the molecule is O=C(NCCS)c1cc(-c2ccncc2)nc2ccccc12. The Morgan fingerprint density at radius 3 is 2.68 bits per heavy atom. The largest absolute Gasteiger partial charge is 0.351 e. The maximum Gasteiger partial charge on any atom is 0.252 e. The van der Waals surface area contributed by atoms with E-state index >= 15 is 0 Å². The molecule has 0 aliphatic rings. The van der Waals surface area contributed by atoms with E-state index in [0.29, 0.717) is 17.9 Å². The molecule has 0 aliphatic heterocycles. The van der Waals surface area contributed by atoms with Crippen LogP contribution in [0.15, 0.2) is 54.9 Å². The summed E-state index contributed by atoms with van der Waals surface area (Å²) >= 11 is 4.12. The van der Waals surface area contributed by atoms with Crippen molar-refractivity contribution in [2.45, 2.75) is 0 Å². The fourth-order valence-electron chi connectivity index (χ4n) is 2.30. The molecule has 4 nitrogen and oxygen atoms in total. The number of hydrogen-bond acceptors (Lipinski definition) is 4. The second-order valence-corrected chi connectivity index (χ2v) is 5.23. The van der Waals surface area contributed by atoms with Crippen LogP contribution in [-0.2, 0) is 0 Å². The van der Waals surface area contributed by atoms with E-state index in [9.17, 15) is 4.79 Å². The fraction of sp³-hybridized carbons (Fsp3) is 0.118. The number of nitrogens with zero attached hydrogens (tertiary/aromatic N) is 2. The maximum atomic E-state index is 12.4. The van der Waals surface area contributed by atoms with Crippen molar-refractivity contribution in [2.75, 3.05) is 12.3 Å². The van der Waals surface area contributed by atoms with Gasteiger partial charge in [-0.25, -0.2) is 4.98 Å². The van der Waals surface area contributed by atoms with Gasteiger partial charge in [0.1, 0.15) is 0 Å². The van der Waals surface area contributed by atoms with Crippen molar-refractivity contribution < 1.29 is 4.79 Å². The van der Waals surface area contributed by atoms with Gasteiger partial charge in [0, 0.05) is 35.6 Å². The molecule has 3 rings (SSSR count). The van der Waals surface area contributed by atoms with Gasteiger partial charge in [0.2, 0.25) is 0 Å². The van der Waals surface area contributed by atoms with Crippen LogP contribution >= 0.6 is 12.6 Å². The summed E-state index contributed by atoms with van der Waals surface area (Å²) in [5, 5.41) is 3.71. The van der Waals surface area contributed by atoms with Crippen LogP contribution in [0.2, 0.25) is 0 Å². The van der Waals surface area contributed by atoms with Crippen LogP contribution in [0.3, 0.4) is 0 Å². The molecule has 110 valence electrons. The number of aromatic nitrogens is 2. The van der Waals surface area contributed by atoms with Gasteiger partial charge in [-0.3, -0.25) is 9.78 Å². The number of rotatable bonds is 4. The molecule has 5 heteroatoms. The van der Waals surface area contributed by atoms with Crippen LogP contribution in [0.5, 0.6) is 0 Å². The second kappa shape index (κ2) is 6.58. The van der Waals surface area contributed by atoms with Crippen molar-refractivity contribution in [3.05, 3.63) is 60.4 Å². The third-order valence-electron chi connectivity index (χ3n) is 3.33. The summed E-state index contributed by atoms with van der Waals surface area (Å²) in [5.41, 5.74) is 3.12. The zero-order valence-electron chi connectivity index (χ0n) is 11.9. The number of carbonyl (C=O) groups is 1. The van der Waals surface area contributed by atoms with Gasteiger partial charge in [-0.1, -0.05) is 18.2 Å². The molecule has 1 aromatic carbocycles. The van der Waals surface area contributed by atoms with Crippen LogP contribution in [0, 0.1) is 0 Å². The quantitative estimate of drug-likeness (QED) is 0.729. The summed E-state index contributed by atoms with van der Waals surface area (Å²) in [5.74, 6) is 0.495. The Labute approximate surface area is 134 Å². The Morgan fingerprint density at radius 2 is 1.91 bits per heavy atom. The highest BCUT2D eigenvalue weighted by Crippen LogP contribution is 2.24. The summed E-state index contributed by atoms with van der Waals surface area (Å²) in [7, 11) is 0. The van der Waals surface area contributed by atoms with Gasteiger partial charge in [-0.2, -0.15) is 12.6 Å². The van der Waals surface area contributed by atoms with Crippen LogP contribution in [0.1, 0.15) is 10.4 Å². The number of thiol groups is 1. The summed E-state index contributed by atoms with van der Waals surface area (Å²) in [6.45, 7) is 0.531. The second-order valence-electron chi connectivity index (χ2n) is 4.79. The highest BCUT2D eigenvalue weighted by Gasteiger charge is 2.13. The molecule has 0 unspecified atom stereocenters. The first-order chi connectivity index (χ1) is 10.8. The number of carbonyl (C=O) groups excluding carboxylic acids is 1. The molecular weight excluding hydrogens is 294 g/mol. The Hall–Kier alpha value is -2.40. The predicted molar refractivity (Wildman–Crippen MR) is 91.2 cm³/mol. The number of para-hydroxylation sites is 1. The number of benzene rings is 1. The van der Waals surface area contributed by atoms with Gasteiger partial charge >= 0.3 is 0 Å². The molecule has 0 atom stereocenters. The minimum atomic E-state index is -0.108. The lowest BCUT2D eigenvalue weighted by molar-refractivity contribution is 0.0958. The number of pyridine rings is 2. The van der Waals surface area contributed by atoms with Gasteiger partial charge in [0.15, 0.2) is 0 Å². The Bertz CT molecular complexity index is 805. The summed E-state index contributed by atoms with van der Waals surface area (Å²) in [6.07, 6.45) is 3.43. The molecule has 0 aliphatic carbocycles. The van der Waals surface area contributed by atoms with Gasteiger partial charge in [0.25, 0.3) is 5.91 Å². The van der Waals surface area contributed by atoms with Crippen molar-refractivity contribution in [1.82, 2.24) is 15.3 Å². The van der Waals surface area contributed by atoms with Crippen LogP contribution in [0.4, 0.5) is 0 Å². The molecule has 0 spiro atoms. The topological polar surface area (TPSA) is 54.9 Å². The van der Waals surface area contributed by atoms with E-state index < -0.39 is 0 Å². The van der Waals surface area contributed by atoms with E-state index in [0.717, 1.165) is 22.2 Å². The summed E-state index contributed by atoms with van der Waals surface area (Å²) in [4.78, 5) is 21.1. The van der Waals surface area contributed by atoms with Gasteiger partial charge in [0.05, 0.1) is 16.8 Å². The van der Waals surface area contributed by atoms with Crippen molar-refractivity contribution in [3.8, 4) is 11.3 Å². The van der Waals surface area contributed by atoms with Crippen LogP contribution < -0.4 is 5.32 Å². The average Bonchev–Trinajstić information content (AvgIpc) is 2.59. The first-order valence-corrected chi connectivity index (χ1v) is 7.62. The average molecular weight is 309 g/mol. The van der Waals surface area contributed by atoms with E-state index in [-0.39, 0.29) is 5.91 Å². The Balaban J connectivity index is 2.14. The van der Waals surface area contributed by atoms with Crippen molar-refractivity contribution in [2.24, 2.45) is 0 Å². The van der Waals surface area contributed by atoms with Crippen LogP contribution in [-0.4, -0.2) is 28.2 Å². The van der Waals surface area contributed by atoms with Crippen molar-refractivity contribution >= 4 is 29.4 Å². The molecule has 2 aromatic heterocycles. The van der Waals surface area contributed by atoms with E-state index in [1.54, 1.807) is 12.4 Å². The minimum Gasteiger partial charge on any atom is -0.351 e. The van der Waals surface area contributed by atoms with E-state index in [1.807, 2.05) is 42.5 Å². The molecular formula is C17H15N3OS. The first kappa shape index (κ1) is 14.5. The zero-order chi connectivity index (χ0) is 15.4. The Kier molecular flexibility index (Phi) is 4.34. The number of nitrogens with one attached hydrogen (secondary N) is 1. The molecule has 0 fully saturated rings. The first-order valence-electron chi connectivity index (χ1n) is 6.99. The number of fused-ring (bicyclic) bond motifs is 1. The van der Waals surface area contributed by atoms with Gasteiger partial charge in [-0.15, -0.1) is 0 Å². The minimum absolute atomic E-state index is 0.108. The molecule has 2 heterocycles. The Morgan fingerprint density at radius 1 is 1.14 bits per heavy atom. The van der Waals surface area contributed by atoms with E-state index in [4.69, 9.17) is 0 Å². The lowest BCUT2D eigenvalue weighted by Gasteiger charge is -2.10. The highest BCUT2D eigenvalue weighted by molar-refractivity contribution is 7.80. The highest BCUT2D eigenvalue weighted by atomic mass is 32.1. The van der Waals surface area contributed by atoms with Crippen molar-refractivity contribution in [3.63, 3.8) is 0 Å². The summed E-state index contributed by atoms with van der Waals surface area (Å²) in [6, 6.07) is 13.2. The predicted octanol–water partition coefficient (Wildman–Crippen LogP) is 2.96. The lowest BCUT2D eigenvalue weighted by atomic mass is 10.0. The number of amides is 1. The fourth-order valence-corrected chi connectivity index (χ4v) is 2.41. The maximum absolute atomic E-state index is 12.4. The van der Waals surface area contributed by atoms with E-state index in [2.05, 4.69) is 27.9 Å².